The third kappa shape index (κ3) is 5.04. The molecule has 0 unspecified atom stereocenters. The lowest BCUT2D eigenvalue weighted by atomic mass is 10.1. The molecule has 0 atom stereocenters. The molecule has 1 N–H and O–H groups in total. The van der Waals surface area contributed by atoms with E-state index in [1.165, 1.54) is 19.2 Å². The van der Waals surface area contributed by atoms with Crippen LogP contribution in [0.3, 0.4) is 0 Å². The van der Waals surface area contributed by atoms with Gasteiger partial charge in [-0.3, -0.25) is 9.78 Å². The highest BCUT2D eigenvalue weighted by Crippen LogP contribution is 2.18. The predicted molar refractivity (Wildman–Crippen MR) is 99.1 cm³/mol. The van der Waals surface area contributed by atoms with Crippen molar-refractivity contribution in [3.8, 4) is 11.5 Å². The quantitative estimate of drug-likeness (QED) is 0.692. The molecule has 0 saturated carbocycles. The van der Waals surface area contributed by atoms with Crippen LogP contribution in [0.4, 0.5) is 4.39 Å². The van der Waals surface area contributed by atoms with Gasteiger partial charge in [-0.25, -0.2) is 4.39 Å². The second-order valence-electron chi connectivity index (χ2n) is 5.79. The first-order valence-corrected chi connectivity index (χ1v) is 8.39. The second kappa shape index (κ2) is 8.80. The molecule has 0 radical (unpaired) electrons. The number of benzene rings is 2. The van der Waals surface area contributed by atoms with E-state index in [0.717, 1.165) is 17.3 Å². The minimum Gasteiger partial charge on any atom is -0.494 e. The van der Waals surface area contributed by atoms with Gasteiger partial charge in [-0.15, -0.1) is 0 Å². The zero-order valence-electron chi connectivity index (χ0n) is 14.8. The van der Waals surface area contributed by atoms with Gasteiger partial charge in [0.05, 0.1) is 12.8 Å². The van der Waals surface area contributed by atoms with Crippen molar-refractivity contribution in [1.29, 1.82) is 0 Å². The van der Waals surface area contributed by atoms with Crippen molar-refractivity contribution in [2.45, 2.75) is 13.2 Å². The topological polar surface area (TPSA) is 60.5 Å². The summed E-state index contributed by atoms with van der Waals surface area (Å²) in [6.45, 7) is 0.715. The summed E-state index contributed by atoms with van der Waals surface area (Å²) in [6, 6.07) is 17.2. The summed E-state index contributed by atoms with van der Waals surface area (Å²) >= 11 is 0. The zero-order chi connectivity index (χ0) is 19.1. The van der Waals surface area contributed by atoms with Crippen molar-refractivity contribution in [3.63, 3.8) is 0 Å². The molecule has 0 bridgehead atoms. The summed E-state index contributed by atoms with van der Waals surface area (Å²) in [6.07, 6.45) is 1.72. The number of carbonyl (C=O) groups is 1. The summed E-state index contributed by atoms with van der Waals surface area (Å²) in [5, 5.41) is 2.76. The van der Waals surface area contributed by atoms with Crippen LogP contribution in [0.5, 0.6) is 11.5 Å². The lowest BCUT2D eigenvalue weighted by molar-refractivity contribution is 0.0950. The van der Waals surface area contributed by atoms with E-state index >= 15 is 0 Å². The van der Waals surface area contributed by atoms with Crippen LogP contribution >= 0.6 is 0 Å². The number of halogens is 1. The number of nitrogens with zero attached hydrogens (tertiary/aromatic N) is 1. The van der Waals surface area contributed by atoms with Crippen molar-refractivity contribution < 1.29 is 18.7 Å². The first kappa shape index (κ1) is 18.4. The maximum atomic E-state index is 13.7. The number of methoxy groups -OCH3 is 1. The maximum absolute atomic E-state index is 13.7. The van der Waals surface area contributed by atoms with Gasteiger partial charge in [0.1, 0.15) is 12.4 Å². The van der Waals surface area contributed by atoms with Crippen molar-refractivity contribution in [2.24, 2.45) is 0 Å². The molecule has 0 aliphatic carbocycles. The average Bonchev–Trinajstić information content (AvgIpc) is 2.72. The molecule has 0 saturated heterocycles. The van der Waals surface area contributed by atoms with E-state index in [1.54, 1.807) is 6.20 Å². The number of pyridine rings is 1. The average molecular weight is 366 g/mol. The molecule has 1 heterocycles. The first-order chi connectivity index (χ1) is 13.2. The van der Waals surface area contributed by atoms with Crippen molar-refractivity contribution in [2.75, 3.05) is 7.11 Å². The molecule has 3 aromatic rings. The summed E-state index contributed by atoms with van der Waals surface area (Å²) in [7, 11) is 1.38. The monoisotopic (exact) mass is 366 g/mol. The number of amides is 1. The van der Waals surface area contributed by atoms with E-state index < -0.39 is 5.82 Å². The number of ether oxygens (including phenoxy) is 2. The summed E-state index contributed by atoms with van der Waals surface area (Å²) in [5.74, 6) is -0.104. The molecule has 0 spiro atoms. The fraction of sp³-hybridized carbons (Fsp3) is 0.143. The molecule has 0 aliphatic heterocycles. The maximum Gasteiger partial charge on any atom is 0.251 e. The molecule has 0 fully saturated rings. The Morgan fingerprint density at radius 1 is 1.11 bits per heavy atom. The number of hydrogen-bond donors (Lipinski definition) is 1. The molecular weight excluding hydrogens is 347 g/mol. The molecule has 5 nitrogen and oxygen atoms in total. The zero-order valence-corrected chi connectivity index (χ0v) is 14.8. The van der Waals surface area contributed by atoms with E-state index in [2.05, 4.69) is 10.3 Å². The molecule has 1 aromatic heterocycles. The highest BCUT2D eigenvalue weighted by molar-refractivity contribution is 5.94. The Bertz CT molecular complexity index is 899. The highest BCUT2D eigenvalue weighted by Gasteiger charge is 2.10. The number of hydrogen-bond acceptors (Lipinski definition) is 4. The molecule has 3 rings (SSSR count). The normalized spacial score (nSPS) is 10.3. The molecule has 138 valence electrons. The van der Waals surface area contributed by atoms with E-state index in [1.807, 2.05) is 42.5 Å². The van der Waals surface area contributed by atoms with Gasteiger partial charge >= 0.3 is 0 Å². The lowest BCUT2D eigenvalue weighted by Crippen LogP contribution is -2.22. The van der Waals surface area contributed by atoms with Crippen LogP contribution in [0.25, 0.3) is 0 Å². The number of carbonyl (C=O) groups excluding carboxylic acids is 1. The third-order valence-electron chi connectivity index (χ3n) is 3.90. The van der Waals surface area contributed by atoms with Crippen LogP contribution in [-0.4, -0.2) is 18.0 Å². The standard InChI is InChI=1S/C21H19FN2O3/c1-26-20-10-7-16(12-19(20)22)21(25)24-13-15-5-8-18(9-6-15)27-14-17-4-2-3-11-23-17/h2-12H,13-14H2,1H3,(H,24,25). The molecule has 6 heteroatoms. The van der Waals surface area contributed by atoms with Crippen molar-refractivity contribution >= 4 is 5.91 Å². The van der Waals surface area contributed by atoms with Crippen LogP contribution < -0.4 is 14.8 Å². The Morgan fingerprint density at radius 3 is 2.59 bits per heavy atom. The third-order valence-corrected chi connectivity index (χ3v) is 3.90. The highest BCUT2D eigenvalue weighted by atomic mass is 19.1. The Morgan fingerprint density at radius 2 is 1.93 bits per heavy atom. The van der Waals surface area contributed by atoms with Gasteiger partial charge in [-0.05, 0) is 48.0 Å². The number of rotatable bonds is 7. The van der Waals surface area contributed by atoms with E-state index in [-0.39, 0.29) is 17.2 Å². The van der Waals surface area contributed by atoms with Gasteiger partial charge in [-0.1, -0.05) is 18.2 Å². The van der Waals surface area contributed by atoms with Crippen LogP contribution in [0.2, 0.25) is 0 Å². The molecule has 27 heavy (non-hydrogen) atoms. The largest absolute Gasteiger partial charge is 0.494 e. The molecule has 0 aliphatic rings. The van der Waals surface area contributed by atoms with Crippen LogP contribution in [0, 0.1) is 5.82 Å². The number of aromatic nitrogens is 1. The minimum atomic E-state index is -0.570. The predicted octanol–water partition coefficient (Wildman–Crippen LogP) is 3.74. The van der Waals surface area contributed by atoms with Gasteiger partial charge < -0.3 is 14.8 Å². The Balaban J connectivity index is 1.52. The Hall–Kier alpha value is -3.41. The lowest BCUT2D eigenvalue weighted by Gasteiger charge is -2.09. The number of nitrogens with one attached hydrogen (secondary N) is 1. The van der Waals surface area contributed by atoms with E-state index in [9.17, 15) is 9.18 Å². The summed E-state index contributed by atoms with van der Waals surface area (Å²) in [4.78, 5) is 16.3. The van der Waals surface area contributed by atoms with Gasteiger partial charge in [0.25, 0.3) is 5.91 Å². The van der Waals surface area contributed by atoms with Crippen molar-refractivity contribution in [3.05, 3.63) is 89.5 Å². The van der Waals surface area contributed by atoms with Crippen LogP contribution in [0.1, 0.15) is 21.6 Å². The Kier molecular flexibility index (Phi) is 5.99. The fourth-order valence-corrected chi connectivity index (χ4v) is 2.44. The summed E-state index contributed by atoms with van der Waals surface area (Å²) in [5.41, 5.74) is 1.99. The van der Waals surface area contributed by atoms with Gasteiger partial charge in [-0.2, -0.15) is 0 Å². The van der Waals surface area contributed by atoms with Gasteiger partial charge in [0.2, 0.25) is 0 Å². The minimum absolute atomic E-state index is 0.104. The molecule has 2 aromatic carbocycles. The Labute approximate surface area is 156 Å². The SMILES string of the molecule is COc1ccc(C(=O)NCc2ccc(OCc3ccccn3)cc2)cc1F. The second-order valence-corrected chi connectivity index (χ2v) is 5.79. The smallest absolute Gasteiger partial charge is 0.251 e. The van der Waals surface area contributed by atoms with E-state index in [0.29, 0.717) is 18.9 Å². The molecular formula is C21H19FN2O3. The van der Waals surface area contributed by atoms with Gasteiger partial charge in [0.15, 0.2) is 11.6 Å². The fourth-order valence-electron chi connectivity index (χ4n) is 2.44. The van der Waals surface area contributed by atoms with Gasteiger partial charge in [0, 0.05) is 18.3 Å². The van der Waals surface area contributed by atoms with E-state index in [4.69, 9.17) is 9.47 Å². The van der Waals surface area contributed by atoms with Crippen molar-refractivity contribution in [1.82, 2.24) is 10.3 Å². The molecule has 1 amide bonds. The van der Waals surface area contributed by atoms with Crippen LogP contribution in [0.15, 0.2) is 66.9 Å². The van der Waals surface area contributed by atoms with Crippen LogP contribution in [-0.2, 0) is 13.2 Å². The first-order valence-electron chi connectivity index (χ1n) is 8.39. The summed E-state index contributed by atoms with van der Waals surface area (Å²) < 4.78 is 24.2.